The number of rotatable bonds is 8. The largest absolute Gasteiger partial charge is 0.379 e. The van der Waals surface area contributed by atoms with Gasteiger partial charge in [-0.05, 0) is 23.4 Å². The van der Waals surface area contributed by atoms with Crippen LogP contribution in [0.5, 0.6) is 0 Å². The van der Waals surface area contributed by atoms with E-state index in [2.05, 4.69) is 15.7 Å². The van der Waals surface area contributed by atoms with Crippen molar-refractivity contribution in [3.63, 3.8) is 0 Å². The Labute approximate surface area is 153 Å². The Bertz CT molecular complexity index is 727. The molecule has 0 bridgehead atoms. The first-order chi connectivity index (χ1) is 12.1. The summed E-state index contributed by atoms with van der Waals surface area (Å²) in [5.74, 6) is 0.108. The standard InChI is InChI=1S/C18H24N2O3S2/c21-25(22,14-8-16-5-2-1-3-6-16)19-15-17(18-7-4-13-24-18)20-9-11-23-12-10-20/h1-7,13,17,19H,8-12,14-15H2. The third-order valence-electron chi connectivity index (χ3n) is 4.36. The third kappa shape index (κ3) is 5.62. The molecule has 1 unspecified atom stereocenters. The van der Waals surface area contributed by atoms with Crippen molar-refractivity contribution in [1.29, 1.82) is 0 Å². The first kappa shape index (κ1) is 18.5. The summed E-state index contributed by atoms with van der Waals surface area (Å²) in [6.45, 7) is 3.45. The first-order valence-electron chi connectivity index (χ1n) is 8.50. The summed E-state index contributed by atoms with van der Waals surface area (Å²) in [4.78, 5) is 3.49. The second-order valence-corrected chi connectivity index (χ2v) is 8.99. The number of hydrogen-bond donors (Lipinski definition) is 1. The average Bonchev–Trinajstić information content (AvgIpc) is 3.16. The fraction of sp³-hybridized carbons (Fsp3) is 0.444. The van der Waals surface area contributed by atoms with Gasteiger partial charge in [-0.2, -0.15) is 0 Å². The summed E-state index contributed by atoms with van der Waals surface area (Å²) in [6, 6.07) is 13.9. The van der Waals surface area contributed by atoms with Gasteiger partial charge < -0.3 is 4.74 Å². The van der Waals surface area contributed by atoms with Gasteiger partial charge in [0, 0.05) is 24.5 Å². The Morgan fingerprint density at radius 3 is 2.56 bits per heavy atom. The highest BCUT2D eigenvalue weighted by Crippen LogP contribution is 2.25. The van der Waals surface area contributed by atoms with Crippen molar-refractivity contribution in [3.8, 4) is 0 Å². The molecule has 1 aliphatic heterocycles. The number of benzene rings is 1. The van der Waals surface area contributed by atoms with E-state index in [0.29, 0.717) is 26.2 Å². The molecule has 1 fully saturated rings. The zero-order chi connectivity index (χ0) is 17.5. The molecule has 5 nitrogen and oxygen atoms in total. The lowest BCUT2D eigenvalue weighted by Gasteiger charge is -2.34. The Morgan fingerprint density at radius 2 is 1.88 bits per heavy atom. The van der Waals surface area contributed by atoms with Gasteiger partial charge in [0.2, 0.25) is 10.0 Å². The lowest BCUT2D eigenvalue weighted by Crippen LogP contribution is -2.44. The number of aryl methyl sites for hydroxylation is 1. The van der Waals surface area contributed by atoms with Gasteiger partial charge in [-0.1, -0.05) is 36.4 Å². The Balaban J connectivity index is 1.59. The number of hydrogen-bond acceptors (Lipinski definition) is 5. The maximum atomic E-state index is 12.4. The summed E-state index contributed by atoms with van der Waals surface area (Å²) < 4.78 is 33.1. The highest BCUT2D eigenvalue weighted by Gasteiger charge is 2.25. The Hall–Kier alpha value is -1.25. The summed E-state index contributed by atoms with van der Waals surface area (Å²) in [6.07, 6.45) is 0.525. The molecule has 1 aromatic heterocycles. The van der Waals surface area contributed by atoms with Gasteiger partial charge >= 0.3 is 0 Å². The van der Waals surface area contributed by atoms with E-state index in [1.54, 1.807) is 11.3 Å². The second-order valence-electron chi connectivity index (χ2n) is 6.08. The van der Waals surface area contributed by atoms with E-state index in [1.165, 1.54) is 4.88 Å². The van der Waals surface area contributed by atoms with Crippen LogP contribution in [0.15, 0.2) is 47.8 Å². The number of morpholine rings is 1. The van der Waals surface area contributed by atoms with Crippen LogP contribution in [0.3, 0.4) is 0 Å². The highest BCUT2D eigenvalue weighted by atomic mass is 32.2. The summed E-state index contributed by atoms with van der Waals surface area (Å²) in [7, 11) is -3.31. The van der Waals surface area contributed by atoms with E-state index in [9.17, 15) is 8.42 Å². The molecule has 0 saturated carbocycles. The van der Waals surface area contributed by atoms with E-state index in [0.717, 1.165) is 18.7 Å². The maximum absolute atomic E-state index is 12.4. The number of nitrogens with one attached hydrogen (secondary N) is 1. The summed E-state index contributed by atoms with van der Waals surface area (Å²) in [5, 5.41) is 2.03. The van der Waals surface area contributed by atoms with Gasteiger partial charge in [0.25, 0.3) is 0 Å². The van der Waals surface area contributed by atoms with Gasteiger partial charge in [-0.3, -0.25) is 4.90 Å². The molecule has 0 spiro atoms. The highest BCUT2D eigenvalue weighted by molar-refractivity contribution is 7.89. The van der Waals surface area contributed by atoms with E-state index >= 15 is 0 Å². The van der Waals surface area contributed by atoms with Crippen molar-refractivity contribution in [3.05, 3.63) is 58.3 Å². The first-order valence-corrected chi connectivity index (χ1v) is 11.0. The molecule has 2 aromatic rings. The van der Waals surface area contributed by atoms with Crippen molar-refractivity contribution in [2.75, 3.05) is 38.6 Å². The van der Waals surface area contributed by atoms with Gasteiger partial charge in [0.15, 0.2) is 0 Å². The van der Waals surface area contributed by atoms with Crippen LogP contribution in [0.25, 0.3) is 0 Å². The minimum atomic E-state index is -3.31. The Kier molecular flexibility index (Phi) is 6.61. The zero-order valence-electron chi connectivity index (χ0n) is 14.1. The molecule has 3 rings (SSSR count). The SMILES string of the molecule is O=S(=O)(CCc1ccccc1)NCC(c1cccs1)N1CCOCC1. The quantitative estimate of drug-likeness (QED) is 0.763. The molecule has 1 saturated heterocycles. The normalized spacial score (nSPS) is 17.4. The molecule has 1 aromatic carbocycles. The average molecular weight is 381 g/mol. The van der Waals surface area contributed by atoms with Crippen LogP contribution in [0.4, 0.5) is 0 Å². The second kappa shape index (κ2) is 8.91. The molecule has 25 heavy (non-hydrogen) atoms. The smallest absolute Gasteiger partial charge is 0.211 e. The molecular formula is C18H24N2O3S2. The molecule has 0 aliphatic carbocycles. The predicted molar refractivity (Wildman–Crippen MR) is 101 cm³/mol. The predicted octanol–water partition coefficient (Wildman–Crippen LogP) is 2.28. The summed E-state index contributed by atoms with van der Waals surface area (Å²) >= 11 is 1.67. The topological polar surface area (TPSA) is 58.6 Å². The van der Waals surface area contributed by atoms with Crippen molar-refractivity contribution < 1.29 is 13.2 Å². The molecule has 1 N–H and O–H groups in total. The number of sulfonamides is 1. The molecule has 1 aliphatic rings. The molecule has 2 heterocycles. The van der Waals surface area contributed by atoms with E-state index in [4.69, 9.17) is 4.74 Å². The lowest BCUT2D eigenvalue weighted by atomic mass is 10.2. The van der Waals surface area contributed by atoms with Gasteiger partial charge in [0.1, 0.15) is 0 Å². The molecule has 1 atom stereocenters. The lowest BCUT2D eigenvalue weighted by molar-refractivity contribution is 0.0179. The monoisotopic (exact) mass is 380 g/mol. The summed E-state index contributed by atoms with van der Waals surface area (Å²) in [5.41, 5.74) is 1.04. The minimum Gasteiger partial charge on any atom is -0.379 e. The molecule has 136 valence electrons. The van der Waals surface area contributed by atoms with Crippen molar-refractivity contribution in [1.82, 2.24) is 9.62 Å². The molecule has 0 amide bonds. The van der Waals surface area contributed by atoms with Crippen LogP contribution in [0, 0.1) is 0 Å². The van der Waals surface area contributed by atoms with E-state index in [-0.39, 0.29) is 11.8 Å². The minimum absolute atomic E-state index is 0.0652. The Morgan fingerprint density at radius 1 is 1.12 bits per heavy atom. The van der Waals surface area contributed by atoms with Crippen molar-refractivity contribution >= 4 is 21.4 Å². The number of thiophene rings is 1. The third-order valence-corrected chi connectivity index (χ3v) is 6.68. The fourth-order valence-electron chi connectivity index (χ4n) is 2.95. The van der Waals surface area contributed by atoms with Gasteiger partial charge in [0.05, 0.1) is 25.0 Å². The molecule has 7 heteroatoms. The van der Waals surface area contributed by atoms with Crippen molar-refractivity contribution in [2.45, 2.75) is 12.5 Å². The van der Waals surface area contributed by atoms with Crippen molar-refractivity contribution in [2.24, 2.45) is 0 Å². The number of nitrogens with zero attached hydrogens (tertiary/aromatic N) is 1. The molecular weight excluding hydrogens is 356 g/mol. The van der Waals surface area contributed by atoms with Crippen LogP contribution in [-0.2, 0) is 21.2 Å². The molecule has 0 radical (unpaired) electrons. The van der Waals surface area contributed by atoms with Gasteiger partial charge in [-0.15, -0.1) is 11.3 Å². The number of ether oxygens (including phenoxy) is 1. The van der Waals surface area contributed by atoms with E-state index in [1.807, 2.05) is 41.8 Å². The van der Waals surface area contributed by atoms with Gasteiger partial charge in [-0.25, -0.2) is 13.1 Å². The zero-order valence-corrected chi connectivity index (χ0v) is 15.8. The fourth-order valence-corrected chi connectivity index (χ4v) is 4.88. The van der Waals surface area contributed by atoms with Crippen LogP contribution in [-0.4, -0.2) is 51.9 Å². The van der Waals surface area contributed by atoms with Crippen LogP contribution in [0.1, 0.15) is 16.5 Å². The van der Waals surface area contributed by atoms with Crippen LogP contribution in [0.2, 0.25) is 0 Å². The van der Waals surface area contributed by atoms with Crippen LogP contribution < -0.4 is 4.72 Å². The maximum Gasteiger partial charge on any atom is 0.211 e. The van der Waals surface area contributed by atoms with Crippen LogP contribution >= 0.6 is 11.3 Å². The van der Waals surface area contributed by atoms with E-state index < -0.39 is 10.0 Å².